The van der Waals surface area contributed by atoms with Crippen LogP contribution < -0.4 is 9.64 Å². The summed E-state index contributed by atoms with van der Waals surface area (Å²) in [4.78, 5) is 14.0. The molecule has 9 heteroatoms. The molecule has 3 aromatic rings. The van der Waals surface area contributed by atoms with Gasteiger partial charge in [0.1, 0.15) is 16.9 Å². The molecule has 0 saturated carbocycles. The number of amides is 1. The highest BCUT2D eigenvalue weighted by molar-refractivity contribution is 8.00. The van der Waals surface area contributed by atoms with E-state index in [0.717, 1.165) is 12.1 Å². The second kappa shape index (κ2) is 8.65. The lowest BCUT2D eigenvalue weighted by atomic mass is 10.1. The lowest BCUT2D eigenvalue weighted by Crippen LogP contribution is -2.27. The third-order valence-electron chi connectivity index (χ3n) is 4.55. The number of halogens is 5. The van der Waals surface area contributed by atoms with E-state index in [9.17, 15) is 18.0 Å². The summed E-state index contributed by atoms with van der Waals surface area (Å²) in [6.07, 6.45) is -4.45. The monoisotopic (exact) mass is 483 g/mol. The molecule has 0 aliphatic carbocycles. The van der Waals surface area contributed by atoms with Crippen LogP contribution >= 0.6 is 35.0 Å². The van der Waals surface area contributed by atoms with Gasteiger partial charge in [-0.15, -0.1) is 11.8 Å². The molecule has 1 saturated heterocycles. The largest absolute Gasteiger partial charge is 0.457 e. The average molecular weight is 484 g/mol. The van der Waals surface area contributed by atoms with Crippen molar-refractivity contribution >= 4 is 46.6 Å². The number of nitrogens with zero attached hydrogens (tertiary/aromatic N) is 1. The molecule has 1 unspecified atom stereocenters. The molecule has 1 aliphatic heterocycles. The Morgan fingerprint density at radius 1 is 0.935 bits per heavy atom. The Balaban J connectivity index is 1.58. The van der Waals surface area contributed by atoms with Crippen molar-refractivity contribution < 1.29 is 22.7 Å². The zero-order valence-corrected chi connectivity index (χ0v) is 18.0. The molecule has 1 atom stereocenters. The van der Waals surface area contributed by atoms with Gasteiger partial charge in [0, 0.05) is 15.7 Å². The first-order chi connectivity index (χ1) is 14.7. The molecular weight excluding hydrogens is 470 g/mol. The van der Waals surface area contributed by atoms with Crippen LogP contribution in [0.1, 0.15) is 16.5 Å². The molecule has 3 nitrogen and oxygen atoms in total. The summed E-state index contributed by atoms with van der Waals surface area (Å²) in [6.45, 7) is 0. The van der Waals surface area contributed by atoms with E-state index in [4.69, 9.17) is 27.9 Å². The van der Waals surface area contributed by atoms with Crippen molar-refractivity contribution in [1.82, 2.24) is 0 Å². The van der Waals surface area contributed by atoms with Crippen molar-refractivity contribution in [2.45, 2.75) is 11.6 Å². The normalized spacial score (nSPS) is 16.6. The molecule has 160 valence electrons. The van der Waals surface area contributed by atoms with Gasteiger partial charge in [-0.05, 0) is 60.2 Å². The predicted octanol–water partition coefficient (Wildman–Crippen LogP) is 7.58. The summed E-state index contributed by atoms with van der Waals surface area (Å²) in [6, 6.07) is 16.6. The lowest BCUT2D eigenvalue weighted by molar-refractivity contribution is -0.137. The molecule has 4 rings (SSSR count). The number of thioether (sulfide) groups is 1. The van der Waals surface area contributed by atoms with E-state index in [2.05, 4.69) is 0 Å². The zero-order chi connectivity index (χ0) is 22.2. The molecule has 3 aromatic carbocycles. The van der Waals surface area contributed by atoms with Crippen molar-refractivity contribution in [1.29, 1.82) is 0 Å². The Morgan fingerprint density at radius 2 is 1.61 bits per heavy atom. The van der Waals surface area contributed by atoms with E-state index < -0.39 is 17.1 Å². The number of carbonyl (C=O) groups excluding carboxylic acids is 1. The third kappa shape index (κ3) is 4.95. The van der Waals surface area contributed by atoms with E-state index in [1.165, 1.54) is 22.7 Å². The Labute approximate surface area is 190 Å². The van der Waals surface area contributed by atoms with Crippen LogP contribution in [0.25, 0.3) is 0 Å². The Hall–Kier alpha value is -2.35. The summed E-state index contributed by atoms with van der Waals surface area (Å²) >= 11 is 13.2. The number of ether oxygens (including phenoxy) is 1. The number of alkyl halides is 3. The number of rotatable bonds is 4. The second-order valence-electron chi connectivity index (χ2n) is 6.75. The van der Waals surface area contributed by atoms with Gasteiger partial charge in [0.05, 0.1) is 11.3 Å². The SMILES string of the molecule is O=C1CSC(c2cccc(C(F)(F)F)c2)N1c1ccc(Oc2cc(Cl)cc(Cl)c2)cc1. The molecule has 1 heterocycles. The summed E-state index contributed by atoms with van der Waals surface area (Å²) in [7, 11) is 0. The first kappa shape index (κ1) is 21.9. The van der Waals surface area contributed by atoms with E-state index in [-0.39, 0.29) is 11.7 Å². The van der Waals surface area contributed by atoms with Crippen LogP contribution in [0.3, 0.4) is 0 Å². The van der Waals surface area contributed by atoms with Gasteiger partial charge in [-0.3, -0.25) is 9.69 Å². The van der Waals surface area contributed by atoms with Crippen LogP contribution in [-0.4, -0.2) is 11.7 Å². The Kier molecular flexibility index (Phi) is 6.10. The van der Waals surface area contributed by atoms with Crippen molar-refractivity contribution in [3.63, 3.8) is 0 Å². The molecule has 1 aliphatic rings. The highest BCUT2D eigenvalue weighted by Gasteiger charge is 2.36. The molecular formula is C22H14Cl2F3NO2S. The molecule has 31 heavy (non-hydrogen) atoms. The summed E-state index contributed by atoms with van der Waals surface area (Å²) in [5, 5.41) is 0.318. The van der Waals surface area contributed by atoms with E-state index in [1.807, 2.05) is 0 Å². The van der Waals surface area contributed by atoms with Gasteiger partial charge in [-0.25, -0.2) is 0 Å². The first-order valence-corrected chi connectivity index (χ1v) is 10.9. The number of hydrogen-bond acceptors (Lipinski definition) is 3. The van der Waals surface area contributed by atoms with Gasteiger partial charge in [0.15, 0.2) is 0 Å². The number of anilines is 1. The zero-order valence-electron chi connectivity index (χ0n) is 15.7. The van der Waals surface area contributed by atoms with Gasteiger partial charge >= 0.3 is 6.18 Å². The minimum absolute atomic E-state index is 0.178. The van der Waals surface area contributed by atoms with E-state index >= 15 is 0 Å². The van der Waals surface area contributed by atoms with Crippen molar-refractivity contribution in [2.24, 2.45) is 0 Å². The molecule has 0 spiro atoms. The fourth-order valence-corrected chi connectivity index (χ4v) is 4.89. The van der Waals surface area contributed by atoms with Crippen LogP contribution in [-0.2, 0) is 11.0 Å². The molecule has 0 radical (unpaired) electrons. The molecule has 1 amide bonds. The summed E-state index contributed by atoms with van der Waals surface area (Å²) in [5.74, 6) is 0.958. The third-order valence-corrected chi connectivity index (χ3v) is 6.20. The quantitative estimate of drug-likeness (QED) is 0.382. The van der Waals surface area contributed by atoms with Crippen molar-refractivity contribution in [3.8, 4) is 11.5 Å². The van der Waals surface area contributed by atoms with Crippen molar-refractivity contribution in [3.05, 3.63) is 87.9 Å². The van der Waals surface area contributed by atoms with Crippen LogP contribution in [0.15, 0.2) is 66.7 Å². The van der Waals surface area contributed by atoms with Gasteiger partial charge in [-0.2, -0.15) is 13.2 Å². The van der Waals surface area contributed by atoms with E-state index in [0.29, 0.717) is 32.8 Å². The second-order valence-corrected chi connectivity index (χ2v) is 8.69. The maximum Gasteiger partial charge on any atom is 0.416 e. The summed E-state index contributed by atoms with van der Waals surface area (Å²) in [5.41, 5.74) is 0.238. The fourth-order valence-electron chi connectivity index (χ4n) is 3.22. The number of benzene rings is 3. The lowest BCUT2D eigenvalue weighted by Gasteiger charge is -2.25. The van der Waals surface area contributed by atoms with Crippen LogP contribution in [0.4, 0.5) is 18.9 Å². The smallest absolute Gasteiger partial charge is 0.416 e. The van der Waals surface area contributed by atoms with Crippen LogP contribution in [0.5, 0.6) is 11.5 Å². The number of carbonyl (C=O) groups is 1. The minimum Gasteiger partial charge on any atom is -0.457 e. The van der Waals surface area contributed by atoms with Gasteiger partial charge < -0.3 is 4.74 Å². The van der Waals surface area contributed by atoms with Gasteiger partial charge in [-0.1, -0.05) is 35.3 Å². The highest BCUT2D eigenvalue weighted by atomic mass is 35.5. The molecule has 0 aromatic heterocycles. The van der Waals surface area contributed by atoms with E-state index in [1.54, 1.807) is 48.5 Å². The maximum absolute atomic E-state index is 13.1. The Bertz CT molecular complexity index is 1100. The average Bonchev–Trinajstić information content (AvgIpc) is 3.09. The topological polar surface area (TPSA) is 29.5 Å². The highest BCUT2D eigenvalue weighted by Crippen LogP contribution is 2.43. The number of hydrogen-bond donors (Lipinski definition) is 0. The van der Waals surface area contributed by atoms with Crippen LogP contribution in [0, 0.1) is 0 Å². The van der Waals surface area contributed by atoms with Gasteiger partial charge in [0.2, 0.25) is 5.91 Å². The standard InChI is InChI=1S/C22H14Cl2F3NO2S/c23-15-9-16(24)11-19(10-15)30-18-6-4-17(5-7-18)28-20(29)12-31-21(28)13-2-1-3-14(8-13)22(25,26)27/h1-11,21H,12H2. The van der Waals surface area contributed by atoms with Crippen molar-refractivity contribution in [2.75, 3.05) is 10.7 Å². The molecule has 1 fully saturated rings. The van der Waals surface area contributed by atoms with Crippen LogP contribution in [0.2, 0.25) is 10.0 Å². The fraction of sp³-hybridized carbons (Fsp3) is 0.136. The maximum atomic E-state index is 13.1. The minimum atomic E-state index is -4.45. The van der Waals surface area contributed by atoms with Gasteiger partial charge in [0.25, 0.3) is 0 Å². The first-order valence-electron chi connectivity index (χ1n) is 9.05. The predicted molar refractivity (Wildman–Crippen MR) is 117 cm³/mol. The summed E-state index contributed by atoms with van der Waals surface area (Å²) < 4.78 is 45.1. The molecule has 0 N–H and O–H groups in total. The Morgan fingerprint density at radius 3 is 2.26 bits per heavy atom. The molecule has 0 bridgehead atoms.